The molecular weight excluding hydrogens is 454 g/mol. The van der Waals surface area contributed by atoms with Crippen molar-refractivity contribution in [2.75, 3.05) is 18.1 Å². The van der Waals surface area contributed by atoms with Crippen LogP contribution < -0.4 is 11.1 Å². The Hall–Kier alpha value is -3.46. The molecule has 0 radical (unpaired) electrons. The van der Waals surface area contributed by atoms with Gasteiger partial charge in [-0.15, -0.1) is 29.7 Å². The van der Waals surface area contributed by atoms with Gasteiger partial charge in [0.05, 0.1) is 0 Å². The number of aromatic nitrogens is 1. The molecule has 13 nitrogen and oxygen atoms in total. The molecule has 0 bridgehead atoms. The Morgan fingerprint density at radius 1 is 1.39 bits per heavy atom. The minimum atomic E-state index is -1.63. The molecule has 1 aromatic rings. The van der Waals surface area contributed by atoms with Crippen molar-refractivity contribution in [3.05, 3.63) is 23.7 Å². The van der Waals surface area contributed by atoms with Gasteiger partial charge in [0.1, 0.15) is 16.8 Å². The van der Waals surface area contributed by atoms with Crippen molar-refractivity contribution in [3.8, 4) is 0 Å². The molecule has 0 saturated heterocycles. The highest BCUT2D eigenvalue weighted by molar-refractivity contribution is 8.00. The number of nitrogens with one attached hydrogen (secondary N) is 1. The van der Waals surface area contributed by atoms with Crippen molar-refractivity contribution < 1.29 is 39.3 Å². The van der Waals surface area contributed by atoms with E-state index in [-0.39, 0.29) is 22.3 Å². The average molecular weight is 471 g/mol. The summed E-state index contributed by atoms with van der Waals surface area (Å²) in [7, 11) is 0. The van der Waals surface area contributed by atoms with Gasteiger partial charge in [0, 0.05) is 17.1 Å². The summed E-state index contributed by atoms with van der Waals surface area (Å²) >= 11 is 2.00. The summed E-state index contributed by atoms with van der Waals surface area (Å²) in [6.45, 7) is 2.68. The highest BCUT2D eigenvalue weighted by Crippen LogP contribution is 2.27. The Balaban J connectivity index is 2.31. The zero-order valence-electron chi connectivity index (χ0n) is 15.6. The van der Waals surface area contributed by atoms with Crippen molar-refractivity contribution >= 4 is 63.5 Å². The van der Waals surface area contributed by atoms with Crippen LogP contribution in [0.3, 0.4) is 0 Å². The van der Waals surface area contributed by atoms with Crippen LogP contribution in [0.5, 0.6) is 0 Å². The van der Waals surface area contributed by atoms with E-state index in [0.29, 0.717) is 0 Å². The van der Waals surface area contributed by atoms with Crippen LogP contribution in [0.15, 0.2) is 28.2 Å². The van der Waals surface area contributed by atoms with Gasteiger partial charge in [0.25, 0.3) is 5.91 Å². The number of thiazole rings is 1. The second-order valence-corrected chi connectivity index (χ2v) is 7.89. The molecule has 1 aromatic heterocycles. The molecule has 1 unspecified atom stereocenters. The molecule has 0 aliphatic carbocycles. The lowest BCUT2D eigenvalue weighted by Gasteiger charge is -2.27. The predicted octanol–water partition coefficient (Wildman–Crippen LogP) is -0.499. The summed E-state index contributed by atoms with van der Waals surface area (Å²) in [4.78, 5) is 59.0. The third kappa shape index (κ3) is 6.26. The van der Waals surface area contributed by atoms with E-state index < -0.39 is 53.5 Å². The Labute approximate surface area is 182 Å². The zero-order chi connectivity index (χ0) is 23.1. The third-order valence-corrected chi connectivity index (χ3v) is 5.67. The fraction of sp³-hybridized carbons (Fsp3) is 0.312. The molecule has 1 amide bonds. The number of carboxylic acids is 3. The van der Waals surface area contributed by atoms with E-state index in [1.807, 2.05) is 0 Å². The highest BCUT2D eigenvalue weighted by atomic mass is 32.2. The van der Waals surface area contributed by atoms with Crippen molar-refractivity contribution in [3.63, 3.8) is 0 Å². The molecule has 1 aliphatic rings. The van der Waals surface area contributed by atoms with E-state index in [4.69, 9.17) is 10.8 Å². The lowest BCUT2D eigenvalue weighted by molar-refractivity contribution is -0.142. The summed E-state index contributed by atoms with van der Waals surface area (Å²) in [5.74, 6) is -5.59. The Morgan fingerprint density at radius 2 is 2.10 bits per heavy atom. The van der Waals surface area contributed by atoms with E-state index in [2.05, 4.69) is 31.9 Å². The number of hydrogen-bond acceptors (Lipinski definition) is 11. The first-order valence-electron chi connectivity index (χ1n) is 8.36. The maximum atomic E-state index is 12.7. The molecule has 31 heavy (non-hydrogen) atoms. The van der Waals surface area contributed by atoms with Gasteiger partial charge in [-0.25, -0.2) is 19.4 Å². The number of hydrogen-bond donors (Lipinski definition) is 5. The van der Waals surface area contributed by atoms with Crippen LogP contribution in [0.1, 0.15) is 5.69 Å². The number of nitrogens with two attached hydrogens (primary N) is 1. The number of amides is 1. The summed E-state index contributed by atoms with van der Waals surface area (Å²) in [5.41, 5.74) is 4.69. The number of thioether (sulfide) groups is 1. The Bertz CT molecular complexity index is 960. The van der Waals surface area contributed by atoms with Crippen LogP contribution >= 0.6 is 23.1 Å². The third-order valence-electron chi connectivity index (χ3n) is 3.73. The molecule has 0 spiro atoms. The quantitative estimate of drug-likeness (QED) is 0.166. The number of aliphatic carboxylic acids is 3. The normalized spacial score (nSPS) is 19.6. The number of nitrogens with zero attached hydrogens (tertiary/aromatic N) is 3. The van der Waals surface area contributed by atoms with Crippen molar-refractivity contribution in [2.45, 2.75) is 11.4 Å². The molecule has 1 aliphatic heterocycles. The summed E-state index contributed by atoms with van der Waals surface area (Å²) < 4.78 is 0. The molecular formula is C16H17N5O8S2. The first-order valence-corrected chi connectivity index (χ1v) is 10.3. The SMILES string of the molecule is C=CC1CS[C@H]([C@H](NC(=O)/C(=N\OCC(=O)O)c2csc(N)n2)C(=O)O)N=C1C(=O)O. The second kappa shape index (κ2) is 10.5. The van der Waals surface area contributed by atoms with E-state index in [9.17, 15) is 29.4 Å². The highest BCUT2D eigenvalue weighted by Gasteiger charge is 2.37. The van der Waals surface area contributed by atoms with Crippen molar-refractivity contribution in [1.82, 2.24) is 10.3 Å². The van der Waals surface area contributed by atoms with E-state index in [0.717, 1.165) is 23.1 Å². The molecule has 6 N–H and O–H groups in total. The molecule has 0 fully saturated rings. The zero-order valence-corrected chi connectivity index (χ0v) is 17.3. The number of oxime groups is 1. The van der Waals surface area contributed by atoms with Crippen LogP contribution in [-0.2, 0) is 24.0 Å². The minimum absolute atomic E-state index is 0.0627. The monoisotopic (exact) mass is 471 g/mol. The van der Waals surface area contributed by atoms with Crippen LogP contribution in [0.25, 0.3) is 0 Å². The van der Waals surface area contributed by atoms with Gasteiger partial charge in [-0.05, 0) is 0 Å². The van der Waals surface area contributed by atoms with Crippen LogP contribution in [-0.4, -0.2) is 79.3 Å². The molecule has 0 saturated carbocycles. The smallest absolute Gasteiger partial charge is 0.350 e. The van der Waals surface area contributed by atoms with Crippen LogP contribution in [0, 0.1) is 5.92 Å². The van der Waals surface area contributed by atoms with Crippen molar-refractivity contribution in [1.29, 1.82) is 0 Å². The predicted molar refractivity (Wildman–Crippen MR) is 111 cm³/mol. The van der Waals surface area contributed by atoms with Gasteiger partial charge in [0.15, 0.2) is 16.9 Å². The average Bonchev–Trinajstić information content (AvgIpc) is 3.14. The maximum absolute atomic E-state index is 12.7. The topological polar surface area (TPSA) is 214 Å². The first kappa shape index (κ1) is 23.8. The maximum Gasteiger partial charge on any atom is 0.350 e. The fourth-order valence-corrected chi connectivity index (χ4v) is 4.14. The molecule has 3 atom stereocenters. The summed E-state index contributed by atoms with van der Waals surface area (Å²) in [6.07, 6.45) is 1.39. The van der Waals surface area contributed by atoms with E-state index in [1.165, 1.54) is 11.5 Å². The number of carboxylic acid groups (broad SMARTS) is 3. The molecule has 2 rings (SSSR count). The van der Waals surface area contributed by atoms with Gasteiger partial charge in [-0.3, -0.25) is 9.79 Å². The molecule has 0 aromatic carbocycles. The van der Waals surface area contributed by atoms with Gasteiger partial charge >= 0.3 is 17.9 Å². The van der Waals surface area contributed by atoms with Gasteiger partial charge in [-0.1, -0.05) is 11.2 Å². The number of anilines is 1. The summed E-state index contributed by atoms with van der Waals surface area (Å²) in [6, 6.07) is -1.63. The largest absolute Gasteiger partial charge is 0.480 e. The standard InChI is InChI=1S/C16H17N5O8S2/c1-2-6-4-30-13(20-9(6)14(25)26)11(15(27)28)19-12(24)10(21-29-3-8(22)23)7-5-31-16(17)18-7/h2,5-6,11,13H,1,3-4H2,(H2,17,18)(H,19,24)(H,22,23)(H,25,26)(H,27,28)/b21-10-/t6?,11-,13+/m0/s1. The fourth-order valence-electron chi connectivity index (χ4n) is 2.33. The number of allylic oxidation sites excluding steroid dienone is 1. The van der Waals surface area contributed by atoms with Gasteiger partial charge < -0.3 is 31.2 Å². The lowest BCUT2D eigenvalue weighted by atomic mass is 10.1. The minimum Gasteiger partial charge on any atom is -0.480 e. The second-order valence-electron chi connectivity index (χ2n) is 5.85. The van der Waals surface area contributed by atoms with Gasteiger partial charge in [-0.2, -0.15) is 0 Å². The first-order chi connectivity index (χ1) is 14.6. The van der Waals surface area contributed by atoms with E-state index >= 15 is 0 Å². The molecule has 166 valence electrons. The Morgan fingerprint density at radius 3 is 2.61 bits per heavy atom. The number of nitrogen functional groups attached to an aromatic ring is 1. The molecule has 2 heterocycles. The van der Waals surface area contributed by atoms with Crippen LogP contribution in [0.2, 0.25) is 0 Å². The number of aliphatic imine (C=N–C) groups is 1. The summed E-state index contributed by atoms with van der Waals surface area (Å²) in [5, 5.41) is 33.5. The van der Waals surface area contributed by atoms with Gasteiger partial charge in [0.2, 0.25) is 6.61 Å². The Kier molecular flexibility index (Phi) is 8.09. The molecule has 15 heteroatoms. The number of carbonyl (C=O) groups is 4. The number of rotatable bonds is 10. The van der Waals surface area contributed by atoms with Crippen LogP contribution in [0.4, 0.5) is 5.13 Å². The number of carbonyl (C=O) groups excluding carboxylic acids is 1. The lowest BCUT2D eigenvalue weighted by Crippen LogP contribution is -2.51. The van der Waals surface area contributed by atoms with E-state index in [1.54, 1.807) is 0 Å². The van der Waals surface area contributed by atoms with Crippen molar-refractivity contribution in [2.24, 2.45) is 16.1 Å².